The minimum atomic E-state index is -0.148. The van der Waals surface area contributed by atoms with Gasteiger partial charge in [0.05, 0.1) is 5.71 Å². The van der Waals surface area contributed by atoms with Crippen molar-refractivity contribution < 1.29 is 4.84 Å². The van der Waals surface area contributed by atoms with Crippen LogP contribution in [0, 0.1) is 5.53 Å². The van der Waals surface area contributed by atoms with Crippen LogP contribution >= 0.6 is 0 Å². The summed E-state index contributed by atoms with van der Waals surface area (Å²) in [4.78, 5) is 4.84. The largest absolute Gasteiger partial charge is 0.390 e. The van der Waals surface area contributed by atoms with Crippen LogP contribution < -0.4 is 0 Å². The fraction of sp³-hybridized carbons (Fsp3) is 0.800. The number of hydrogen-bond acceptors (Lipinski definition) is 4. The maximum atomic E-state index is 6.72. The van der Waals surface area contributed by atoms with Crippen LogP contribution in [0.1, 0.15) is 13.8 Å². The summed E-state index contributed by atoms with van der Waals surface area (Å²) in [7, 11) is 0. The highest BCUT2D eigenvalue weighted by atomic mass is 16.6. The summed E-state index contributed by atoms with van der Waals surface area (Å²) >= 11 is 0. The molecule has 0 aromatic rings. The molecule has 1 N–H and O–H groups in total. The zero-order valence-corrected chi connectivity index (χ0v) is 5.46. The smallest absolute Gasteiger partial charge is 0.154 e. The lowest BCUT2D eigenvalue weighted by Crippen LogP contribution is -2.22. The van der Waals surface area contributed by atoms with Gasteiger partial charge in [-0.15, -0.1) is 0 Å². The van der Waals surface area contributed by atoms with Crippen LogP contribution in [0.25, 0.3) is 0 Å². The van der Waals surface area contributed by atoms with E-state index < -0.39 is 0 Å². The third-order valence-corrected chi connectivity index (χ3v) is 1.37. The van der Waals surface area contributed by atoms with Crippen molar-refractivity contribution in [2.24, 2.45) is 10.3 Å². The summed E-state index contributed by atoms with van der Waals surface area (Å²) in [6.07, 6.45) is -0.0532. The van der Waals surface area contributed by atoms with E-state index in [1.807, 2.05) is 13.8 Å². The van der Waals surface area contributed by atoms with Gasteiger partial charge in [-0.1, -0.05) is 5.16 Å². The van der Waals surface area contributed by atoms with Crippen molar-refractivity contribution in [1.29, 1.82) is 5.53 Å². The lowest BCUT2D eigenvalue weighted by Gasteiger charge is -2.04. The van der Waals surface area contributed by atoms with E-state index in [9.17, 15) is 0 Å². The second-order valence-corrected chi connectivity index (χ2v) is 2.12. The highest BCUT2D eigenvalue weighted by molar-refractivity contribution is 5.88. The van der Waals surface area contributed by atoms with Crippen molar-refractivity contribution in [3.8, 4) is 0 Å². The van der Waals surface area contributed by atoms with E-state index in [1.165, 1.54) is 0 Å². The predicted octanol–water partition coefficient (Wildman–Crippen LogP) is 1.18. The molecule has 4 nitrogen and oxygen atoms in total. The Balaban J connectivity index is 2.67. The van der Waals surface area contributed by atoms with Gasteiger partial charge in [0.15, 0.2) is 12.1 Å². The van der Waals surface area contributed by atoms with Gasteiger partial charge in [0.1, 0.15) is 0 Å². The molecule has 1 aliphatic rings. The Morgan fingerprint density at radius 2 is 2.44 bits per heavy atom. The molecule has 4 heteroatoms. The molecule has 0 fully saturated rings. The second kappa shape index (κ2) is 2.13. The van der Waals surface area contributed by atoms with Crippen molar-refractivity contribution in [1.82, 2.24) is 0 Å². The summed E-state index contributed by atoms with van der Waals surface area (Å²) in [6.45, 7) is 3.66. The molecule has 2 atom stereocenters. The summed E-state index contributed by atoms with van der Waals surface area (Å²) < 4.78 is 0. The van der Waals surface area contributed by atoms with E-state index in [0.29, 0.717) is 0 Å². The molecule has 0 aromatic heterocycles. The number of oxime groups is 1. The molecule has 1 rings (SSSR count). The van der Waals surface area contributed by atoms with Crippen molar-refractivity contribution in [3.63, 3.8) is 0 Å². The van der Waals surface area contributed by atoms with Crippen LogP contribution in [0.5, 0.6) is 0 Å². The lowest BCUT2D eigenvalue weighted by molar-refractivity contribution is 0.0902. The molecule has 1 heterocycles. The zero-order valence-electron chi connectivity index (χ0n) is 5.46. The topological polar surface area (TPSA) is 57.8 Å². The third kappa shape index (κ3) is 0.918. The van der Waals surface area contributed by atoms with Gasteiger partial charge in [0.2, 0.25) is 0 Å². The molecule has 0 radical (unpaired) electrons. The molecule has 0 aliphatic carbocycles. The number of nitrogens with one attached hydrogen (secondary N) is 1. The van der Waals surface area contributed by atoms with Gasteiger partial charge in [-0.3, -0.25) is 0 Å². The number of nitrogens with zero attached hydrogens (tertiary/aromatic N) is 2. The summed E-state index contributed by atoms with van der Waals surface area (Å²) in [5.41, 5.74) is 7.51. The average Bonchev–Trinajstić information content (AvgIpc) is 2.12. The Morgan fingerprint density at radius 3 is 2.67 bits per heavy atom. The minimum Gasteiger partial charge on any atom is -0.390 e. The van der Waals surface area contributed by atoms with Crippen molar-refractivity contribution >= 4 is 5.71 Å². The van der Waals surface area contributed by atoms with Crippen molar-refractivity contribution in [2.45, 2.75) is 26.0 Å². The Morgan fingerprint density at radius 1 is 1.78 bits per heavy atom. The molecule has 0 spiro atoms. The molecular weight excluding hydrogens is 118 g/mol. The molecule has 0 bridgehead atoms. The van der Waals surface area contributed by atoms with Crippen LogP contribution in [0.4, 0.5) is 0 Å². The van der Waals surface area contributed by atoms with E-state index in [0.717, 1.165) is 5.71 Å². The van der Waals surface area contributed by atoms with Crippen LogP contribution in [-0.2, 0) is 4.84 Å². The highest BCUT2D eigenvalue weighted by Gasteiger charge is 2.26. The van der Waals surface area contributed by atoms with Crippen LogP contribution in [0.3, 0.4) is 0 Å². The van der Waals surface area contributed by atoms with Gasteiger partial charge in [-0.05, 0) is 13.8 Å². The molecule has 0 amide bonds. The predicted molar refractivity (Wildman–Crippen MR) is 32.6 cm³/mol. The SMILES string of the molecule is CC1=NOC(C)C1N=N. The molecule has 50 valence electrons. The quantitative estimate of drug-likeness (QED) is 0.528. The van der Waals surface area contributed by atoms with Crippen LogP contribution in [0.15, 0.2) is 10.3 Å². The van der Waals surface area contributed by atoms with E-state index in [-0.39, 0.29) is 12.1 Å². The third-order valence-electron chi connectivity index (χ3n) is 1.37. The first kappa shape index (κ1) is 6.19. The summed E-state index contributed by atoms with van der Waals surface area (Å²) in [5.74, 6) is 0. The normalized spacial score (nSPS) is 33.3. The molecule has 1 aliphatic heterocycles. The fourth-order valence-corrected chi connectivity index (χ4v) is 0.816. The van der Waals surface area contributed by atoms with Gasteiger partial charge in [0, 0.05) is 0 Å². The second-order valence-electron chi connectivity index (χ2n) is 2.12. The lowest BCUT2D eigenvalue weighted by atomic mass is 10.1. The first-order chi connectivity index (χ1) is 4.25. The van der Waals surface area contributed by atoms with Gasteiger partial charge in [-0.2, -0.15) is 5.11 Å². The maximum Gasteiger partial charge on any atom is 0.154 e. The zero-order chi connectivity index (χ0) is 6.85. The molecule has 0 saturated carbocycles. The first-order valence-electron chi connectivity index (χ1n) is 2.82. The Hall–Kier alpha value is -0.930. The van der Waals surface area contributed by atoms with E-state index >= 15 is 0 Å². The standard InChI is InChI=1S/C5H9N3O/c1-3-5(7-6)4(2)9-8-3/h4-6H,1-2H3. The molecule has 2 unspecified atom stereocenters. The van der Waals surface area contributed by atoms with Gasteiger partial charge < -0.3 is 4.84 Å². The van der Waals surface area contributed by atoms with Crippen molar-refractivity contribution in [3.05, 3.63) is 0 Å². The molecule has 0 saturated heterocycles. The number of rotatable bonds is 1. The molecule has 0 aromatic carbocycles. The maximum absolute atomic E-state index is 6.72. The summed E-state index contributed by atoms with van der Waals surface area (Å²) in [6, 6.07) is -0.148. The Labute approximate surface area is 53.4 Å². The summed E-state index contributed by atoms with van der Waals surface area (Å²) in [5, 5.41) is 7.02. The van der Waals surface area contributed by atoms with Gasteiger partial charge in [-0.25, -0.2) is 5.53 Å². The van der Waals surface area contributed by atoms with E-state index in [2.05, 4.69) is 10.3 Å². The highest BCUT2D eigenvalue weighted by Crippen LogP contribution is 2.13. The van der Waals surface area contributed by atoms with Crippen LogP contribution in [-0.4, -0.2) is 17.9 Å². The minimum absolute atomic E-state index is 0.0532. The van der Waals surface area contributed by atoms with E-state index in [4.69, 9.17) is 10.4 Å². The Kier molecular flexibility index (Phi) is 1.46. The number of hydrogen-bond donors (Lipinski definition) is 1. The van der Waals surface area contributed by atoms with Crippen LogP contribution in [0.2, 0.25) is 0 Å². The van der Waals surface area contributed by atoms with Gasteiger partial charge in [0.25, 0.3) is 0 Å². The monoisotopic (exact) mass is 127 g/mol. The molecule has 9 heavy (non-hydrogen) atoms. The van der Waals surface area contributed by atoms with E-state index in [1.54, 1.807) is 0 Å². The first-order valence-corrected chi connectivity index (χ1v) is 2.82. The van der Waals surface area contributed by atoms with Crippen molar-refractivity contribution in [2.75, 3.05) is 0 Å². The average molecular weight is 127 g/mol. The Bertz CT molecular complexity index is 154. The fourth-order valence-electron chi connectivity index (χ4n) is 0.816. The molecular formula is C5H9N3O. The van der Waals surface area contributed by atoms with Gasteiger partial charge >= 0.3 is 0 Å².